The second kappa shape index (κ2) is 7.23. The summed E-state index contributed by atoms with van der Waals surface area (Å²) in [5.41, 5.74) is 0.893. The number of rotatable bonds is 5. The highest BCUT2D eigenvalue weighted by Crippen LogP contribution is 2.36. The second-order valence-corrected chi connectivity index (χ2v) is 5.42. The normalized spacial score (nSPS) is 10.4. The van der Waals surface area contributed by atoms with Gasteiger partial charge in [-0.2, -0.15) is 0 Å². The number of hydrogen-bond acceptors (Lipinski definition) is 5. The molecule has 1 amide bonds. The molecular weight excluding hydrogens is 344 g/mol. The van der Waals surface area contributed by atoms with Crippen LogP contribution in [0.1, 0.15) is 10.4 Å². The number of imidazole rings is 1. The van der Waals surface area contributed by atoms with Gasteiger partial charge >= 0.3 is 0 Å². The first kappa shape index (κ1) is 16.8. The second-order valence-electron chi connectivity index (χ2n) is 5.01. The molecule has 0 bridgehead atoms. The highest BCUT2D eigenvalue weighted by atomic mass is 35.5. The van der Waals surface area contributed by atoms with Crippen LogP contribution < -0.4 is 14.8 Å². The summed E-state index contributed by atoms with van der Waals surface area (Å²) in [6, 6.07) is 6.47. The standard InChI is InChI=1S/C17H15ClN4O3/c1-24-14-9-13(15(25-2)8-12(14)18)21-17(23)11-3-4-20-16(7-11)22-6-5-19-10-22/h3-10H,1-2H3,(H,21,23). The van der Waals surface area contributed by atoms with Crippen LogP contribution >= 0.6 is 11.6 Å². The molecule has 3 rings (SSSR count). The molecule has 2 heterocycles. The smallest absolute Gasteiger partial charge is 0.255 e. The summed E-state index contributed by atoms with van der Waals surface area (Å²) in [5.74, 6) is 1.15. The van der Waals surface area contributed by atoms with E-state index >= 15 is 0 Å². The third-order valence-electron chi connectivity index (χ3n) is 3.50. The molecule has 0 radical (unpaired) electrons. The molecular formula is C17H15ClN4O3. The van der Waals surface area contributed by atoms with E-state index in [0.29, 0.717) is 33.6 Å². The summed E-state index contributed by atoms with van der Waals surface area (Å²) in [4.78, 5) is 20.8. The molecule has 0 spiro atoms. The van der Waals surface area contributed by atoms with Crippen molar-refractivity contribution in [3.05, 3.63) is 59.8 Å². The first-order valence-corrected chi connectivity index (χ1v) is 7.67. The Labute approximate surface area is 149 Å². The van der Waals surface area contributed by atoms with Crippen LogP contribution in [-0.4, -0.2) is 34.7 Å². The fraction of sp³-hybridized carbons (Fsp3) is 0.118. The SMILES string of the molecule is COc1cc(NC(=O)c2ccnc(-n3ccnc3)c2)c(OC)cc1Cl. The molecule has 1 N–H and O–H groups in total. The maximum Gasteiger partial charge on any atom is 0.255 e. The van der Waals surface area contributed by atoms with E-state index in [9.17, 15) is 4.79 Å². The lowest BCUT2D eigenvalue weighted by molar-refractivity contribution is 0.102. The monoisotopic (exact) mass is 358 g/mol. The van der Waals surface area contributed by atoms with Crippen LogP contribution in [0.4, 0.5) is 5.69 Å². The summed E-state index contributed by atoms with van der Waals surface area (Å²) in [6.07, 6.45) is 6.55. The number of carbonyl (C=O) groups excluding carboxylic acids is 1. The lowest BCUT2D eigenvalue weighted by atomic mass is 10.2. The fourth-order valence-electron chi connectivity index (χ4n) is 2.25. The molecule has 1 aromatic carbocycles. The quantitative estimate of drug-likeness (QED) is 0.757. The van der Waals surface area contributed by atoms with Gasteiger partial charge in [-0.25, -0.2) is 9.97 Å². The van der Waals surface area contributed by atoms with Crippen molar-refractivity contribution in [1.82, 2.24) is 14.5 Å². The molecule has 0 unspecified atom stereocenters. The molecule has 0 aliphatic carbocycles. The molecule has 0 saturated heterocycles. The van der Waals surface area contributed by atoms with Crippen molar-refractivity contribution < 1.29 is 14.3 Å². The average molecular weight is 359 g/mol. The van der Waals surface area contributed by atoms with E-state index < -0.39 is 0 Å². The van der Waals surface area contributed by atoms with Gasteiger partial charge in [0.15, 0.2) is 0 Å². The van der Waals surface area contributed by atoms with E-state index in [-0.39, 0.29) is 5.91 Å². The minimum Gasteiger partial charge on any atom is -0.495 e. The Morgan fingerprint density at radius 1 is 1.16 bits per heavy atom. The summed E-state index contributed by atoms with van der Waals surface area (Å²) in [5, 5.41) is 3.19. The number of nitrogens with one attached hydrogen (secondary N) is 1. The number of anilines is 1. The zero-order chi connectivity index (χ0) is 17.8. The molecule has 8 heteroatoms. The van der Waals surface area contributed by atoms with Crippen LogP contribution in [0.2, 0.25) is 5.02 Å². The van der Waals surface area contributed by atoms with E-state index in [1.807, 2.05) is 0 Å². The zero-order valence-corrected chi connectivity index (χ0v) is 14.3. The molecule has 128 valence electrons. The summed E-state index contributed by atoms with van der Waals surface area (Å²) in [7, 11) is 3.00. The zero-order valence-electron chi connectivity index (χ0n) is 13.6. The maximum absolute atomic E-state index is 12.6. The molecule has 0 saturated carbocycles. The van der Waals surface area contributed by atoms with Gasteiger partial charge in [-0.1, -0.05) is 11.6 Å². The maximum atomic E-state index is 12.6. The molecule has 3 aromatic rings. The van der Waals surface area contributed by atoms with Crippen molar-refractivity contribution in [2.24, 2.45) is 0 Å². The number of ether oxygens (including phenoxy) is 2. The van der Waals surface area contributed by atoms with Crippen LogP contribution in [0.3, 0.4) is 0 Å². The van der Waals surface area contributed by atoms with Crippen molar-refractivity contribution in [2.75, 3.05) is 19.5 Å². The van der Waals surface area contributed by atoms with Gasteiger partial charge in [0.2, 0.25) is 0 Å². The summed E-state index contributed by atoms with van der Waals surface area (Å²) >= 11 is 6.08. The van der Waals surface area contributed by atoms with Gasteiger partial charge in [0.1, 0.15) is 23.6 Å². The van der Waals surface area contributed by atoms with Crippen molar-refractivity contribution in [3.8, 4) is 17.3 Å². The van der Waals surface area contributed by atoms with Crippen molar-refractivity contribution >= 4 is 23.2 Å². The average Bonchev–Trinajstić information content (AvgIpc) is 3.17. The van der Waals surface area contributed by atoms with Gasteiger partial charge in [-0.05, 0) is 12.1 Å². The number of benzene rings is 1. The Morgan fingerprint density at radius 3 is 2.64 bits per heavy atom. The number of pyridine rings is 1. The summed E-state index contributed by atoms with van der Waals surface area (Å²) < 4.78 is 12.2. The van der Waals surface area contributed by atoms with Gasteiger partial charge in [0.05, 0.1) is 24.9 Å². The first-order valence-electron chi connectivity index (χ1n) is 7.29. The number of hydrogen-bond donors (Lipinski definition) is 1. The minimum absolute atomic E-state index is 0.313. The van der Waals surface area contributed by atoms with E-state index in [2.05, 4.69) is 15.3 Å². The number of aromatic nitrogens is 3. The number of amides is 1. The number of carbonyl (C=O) groups is 1. The van der Waals surface area contributed by atoms with Gasteiger partial charge < -0.3 is 14.8 Å². The first-order chi connectivity index (χ1) is 12.1. The van der Waals surface area contributed by atoms with Gasteiger partial charge in [0, 0.05) is 36.3 Å². The van der Waals surface area contributed by atoms with Crippen LogP contribution in [0.5, 0.6) is 11.5 Å². The largest absolute Gasteiger partial charge is 0.495 e. The third-order valence-corrected chi connectivity index (χ3v) is 3.79. The predicted octanol–water partition coefficient (Wildman–Crippen LogP) is 3.19. The molecule has 0 aliphatic rings. The highest BCUT2D eigenvalue weighted by Gasteiger charge is 2.14. The summed E-state index contributed by atoms with van der Waals surface area (Å²) in [6.45, 7) is 0. The van der Waals surface area contributed by atoms with Crippen molar-refractivity contribution in [3.63, 3.8) is 0 Å². The molecule has 0 aliphatic heterocycles. The Balaban J connectivity index is 1.89. The molecule has 0 fully saturated rings. The lowest BCUT2D eigenvalue weighted by Crippen LogP contribution is -2.13. The number of methoxy groups -OCH3 is 2. The predicted molar refractivity (Wildman–Crippen MR) is 93.9 cm³/mol. The molecule has 2 aromatic heterocycles. The van der Waals surface area contributed by atoms with Gasteiger partial charge in [-0.3, -0.25) is 9.36 Å². The van der Waals surface area contributed by atoms with Crippen LogP contribution in [0.25, 0.3) is 5.82 Å². The van der Waals surface area contributed by atoms with Gasteiger partial charge in [0.25, 0.3) is 5.91 Å². The lowest BCUT2D eigenvalue weighted by Gasteiger charge is -2.13. The topological polar surface area (TPSA) is 78.3 Å². The Bertz CT molecular complexity index is 897. The van der Waals surface area contributed by atoms with Crippen LogP contribution in [0.15, 0.2) is 49.2 Å². The van der Waals surface area contributed by atoms with E-state index in [4.69, 9.17) is 21.1 Å². The van der Waals surface area contributed by atoms with Crippen LogP contribution in [0, 0.1) is 0 Å². The van der Waals surface area contributed by atoms with Crippen molar-refractivity contribution in [1.29, 1.82) is 0 Å². The Morgan fingerprint density at radius 2 is 1.96 bits per heavy atom. The molecule has 0 atom stereocenters. The van der Waals surface area contributed by atoms with Crippen LogP contribution in [-0.2, 0) is 0 Å². The molecule has 25 heavy (non-hydrogen) atoms. The van der Waals surface area contributed by atoms with Crippen molar-refractivity contribution in [2.45, 2.75) is 0 Å². The molecule has 7 nitrogen and oxygen atoms in total. The highest BCUT2D eigenvalue weighted by molar-refractivity contribution is 6.32. The van der Waals surface area contributed by atoms with E-state index in [0.717, 1.165) is 0 Å². The van der Waals surface area contributed by atoms with E-state index in [1.54, 1.807) is 53.8 Å². The fourth-order valence-corrected chi connectivity index (χ4v) is 2.48. The third kappa shape index (κ3) is 3.56. The minimum atomic E-state index is -0.313. The Kier molecular flexibility index (Phi) is 4.85. The van der Waals surface area contributed by atoms with Gasteiger partial charge in [-0.15, -0.1) is 0 Å². The van der Waals surface area contributed by atoms with E-state index in [1.165, 1.54) is 14.2 Å². The Hall–Kier alpha value is -3.06. The number of nitrogens with zero attached hydrogens (tertiary/aromatic N) is 3. The number of halogens is 1.